The molecule has 2 N–H and O–H groups in total. The fourth-order valence-electron chi connectivity index (χ4n) is 1.25. The minimum Gasteiger partial charge on any atom is -0.478 e. The second kappa shape index (κ2) is 5.49. The van der Waals surface area contributed by atoms with Crippen LogP contribution in [-0.2, 0) is 4.79 Å². The lowest BCUT2D eigenvalue weighted by Gasteiger charge is -2.13. The van der Waals surface area contributed by atoms with Gasteiger partial charge < -0.3 is 10.4 Å². The van der Waals surface area contributed by atoms with Gasteiger partial charge in [-0.15, -0.1) is 0 Å². The first-order chi connectivity index (χ1) is 8.32. The van der Waals surface area contributed by atoms with Gasteiger partial charge in [-0.2, -0.15) is 0 Å². The lowest BCUT2D eigenvalue weighted by atomic mass is 9.91. The predicted octanol–water partition coefficient (Wildman–Crippen LogP) is 2.93. The van der Waals surface area contributed by atoms with E-state index in [4.69, 9.17) is 5.11 Å². The van der Waals surface area contributed by atoms with E-state index < -0.39 is 11.4 Å². The maximum atomic E-state index is 11.6. The zero-order valence-corrected chi connectivity index (χ0v) is 10.7. The fraction of sp³-hybridized carbons (Fsp3) is 0.286. The Morgan fingerprint density at radius 1 is 1.22 bits per heavy atom. The summed E-state index contributed by atoms with van der Waals surface area (Å²) in [6.45, 7) is 5.47. The molecule has 0 saturated heterocycles. The zero-order valence-electron chi connectivity index (χ0n) is 10.7. The number of ketones is 1. The van der Waals surface area contributed by atoms with Crippen molar-refractivity contribution in [3.05, 3.63) is 42.1 Å². The Morgan fingerprint density at radius 2 is 1.83 bits per heavy atom. The van der Waals surface area contributed by atoms with E-state index in [0.29, 0.717) is 5.69 Å². The van der Waals surface area contributed by atoms with Crippen LogP contribution in [0, 0.1) is 5.41 Å². The lowest BCUT2D eigenvalue weighted by Crippen LogP contribution is -2.17. The molecule has 4 heteroatoms. The highest BCUT2D eigenvalue weighted by atomic mass is 16.4. The van der Waals surface area contributed by atoms with Gasteiger partial charge in [0.25, 0.3) is 0 Å². The number of hydrogen-bond acceptors (Lipinski definition) is 3. The minimum absolute atomic E-state index is 0.0252. The van der Waals surface area contributed by atoms with Gasteiger partial charge in [-0.05, 0) is 18.2 Å². The van der Waals surface area contributed by atoms with Crippen LogP contribution in [0.25, 0.3) is 0 Å². The summed E-state index contributed by atoms with van der Waals surface area (Å²) in [7, 11) is 0. The molecule has 0 aromatic heterocycles. The van der Waals surface area contributed by atoms with Gasteiger partial charge in [0.15, 0.2) is 5.78 Å². The molecule has 4 nitrogen and oxygen atoms in total. The molecule has 0 aliphatic heterocycles. The molecular formula is C14H17NO3. The van der Waals surface area contributed by atoms with E-state index in [0.717, 1.165) is 0 Å². The molecule has 0 atom stereocenters. The van der Waals surface area contributed by atoms with Gasteiger partial charge in [-0.3, -0.25) is 4.79 Å². The number of carbonyl (C=O) groups is 2. The summed E-state index contributed by atoms with van der Waals surface area (Å²) in [6, 6.07) is 6.53. The second-order valence-corrected chi connectivity index (χ2v) is 4.94. The van der Waals surface area contributed by atoms with E-state index in [1.807, 2.05) is 20.8 Å². The first-order valence-corrected chi connectivity index (χ1v) is 5.62. The van der Waals surface area contributed by atoms with Crippen molar-refractivity contribution < 1.29 is 14.7 Å². The van der Waals surface area contributed by atoms with E-state index in [1.54, 1.807) is 18.2 Å². The van der Waals surface area contributed by atoms with Crippen LogP contribution in [0.2, 0.25) is 0 Å². The molecule has 96 valence electrons. The average molecular weight is 247 g/mol. The maximum absolute atomic E-state index is 11.6. The Labute approximate surface area is 106 Å². The second-order valence-electron chi connectivity index (χ2n) is 4.94. The molecule has 18 heavy (non-hydrogen) atoms. The molecular weight excluding hydrogens is 230 g/mol. The van der Waals surface area contributed by atoms with Crippen molar-refractivity contribution in [1.29, 1.82) is 0 Å². The van der Waals surface area contributed by atoms with Crippen LogP contribution in [0.4, 0.5) is 5.69 Å². The quantitative estimate of drug-likeness (QED) is 0.803. The Morgan fingerprint density at radius 3 is 2.39 bits per heavy atom. The lowest BCUT2D eigenvalue weighted by molar-refractivity contribution is -0.121. The van der Waals surface area contributed by atoms with Crippen molar-refractivity contribution in [2.75, 3.05) is 5.32 Å². The van der Waals surface area contributed by atoms with Gasteiger partial charge in [0.05, 0.1) is 11.3 Å². The van der Waals surface area contributed by atoms with E-state index >= 15 is 0 Å². The van der Waals surface area contributed by atoms with Crippen LogP contribution in [-0.4, -0.2) is 16.9 Å². The summed E-state index contributed by atoms with van der Waals surface area (Å²) >= 11 is 0. The van der Waals surface area contributed by atoms with E-state index in [9.17, 15) is 9.59 Å². The SMILES string of the molecule is CC(C)(C)C(=O)/C=C/Nc1ccccc1C(=O)O. The number of anilines is 1. The standard InChI is InChI=1S/C14H17NO3/c1-14(2,3)12(16)8-9-15-11-7-5-4-6-10(11)13(17)18/h4-9,15H,1-3H3,(H,17,18)/b9-8+. The molecule has 0 radical (unpaired) electrons. The molecule has 0 unspecified atom stereocenters. The monoisotopic (exact) mass is 247 g/mol. The predicted molar refractivity (Wildman–Crippen MR) is 70.6 cm³/mol. The number of carboxylic acid groups (broad SMARTS) is 1. The van der Waals surface area contributed by atoms with Crippen LogP contribution >= 0.6 is 0 Å². The Bertz CT molecular complexity index is 484. The van der Waals surface area contributed by atoms with Crippen LogP contribution in [0.15, 0.2) is 36.5 Å². The Kier molecular flexibility index (Phi) is 4.26. The molecule has 0 spiro atoms. The third-order valence-corrected chi connectivity index (χ3v) is 2.37. The highest BCUT2D eigenvalue weighted by Gasteiger charge is 2.17. The highest BCUT2D eigenvalue weighted by molar-refractivity contribution is 5.96. The summed E-state index contributed by atoms with van der Waals surface area (Å²) in [6.07, 6.45) is 2.88. The summed E-state index contributed by atoms with van der Waals surface area (Å²) < 4.78 is 0. The molecule has 0 aliphatic carbocycles. The number of carboxylic acids is 1. The molecule has 1 rings (SSSR count). The molecule has 0 amide bonds. The molecule has 1 aromatic carbocycles. The Balaban J connectivity index is 2.79. The van der Waals surface area contributed by atoms with Crippen molar-refractivity contribution in [2.24, 2.45) is 5.41 Å². The van der Waals surface area contributed by atoms with E-state index in [1.165, 1.54) is 18.3 Å². The number of rotatable bonds is 4. The van der Waals surface area contributed by atoms with Crippen molar-refractivity contribution in [3.8, 4) is 0 Å². The topological polar surface area (TPSA) is 66.4 Å². The van der Waals surface area contributed by atoms with Crippen LogP contribution in [0.1, 0.15) is 31.1 Å². The highest BCUT2D eigenvalue weighted by Crippen LogP contribution is 2.17. The fourth-order valence-corrected chi connectivity index (χ4v) is 1.25. The number of hydrogen-bond donors (Lipinski definition) is 2. The number of allylic oxidation sites excluding steroid dienone is 1. The maximum Gasteiger partial charge on any atom is 0.337 e. The minimum atomic E-state index is -1.01. The van der Waals surface area contributed by atoms with Crippen LogP contribution in [0.5, 0.6) is 0 Å². The molecule has 1 aromatic rings. The van der Waals surface area contributed by atoms with Gasteiger partial charge in [0.2, 0.25) is 0 Å². The first kappa shape index (κ1) is 14.0. The summed E-state index contributed by atoms with van der Waals surface area (Å²) in [5.74, 6) is -1.03. The molecule has 0 heterocycles. The summed E-state index contributed by atoms with van der Waals surface area (Å²) in [5.41, 5.74) is 0.193. The van der Waals surface area contributed by atoms with Crippen LogP contribution < -0.4 is 5.32 Å². The molecule has 0 saturated carbocycles. The zero-order chi connectivity index (χ0) is 13.8. The molecule has 0 fully saturated rings. The van der Waals surface area contributed by atoms with Gasteiger partial charge in [-0.25, -0.2) is 4.79 Å². The third kappa shape index (κ3) is 3.73. The van der Waals surface area contributed by atoms with Gasteiger partial charge >= 0.3 is 5.97 Å². The van der Waals surface area contributed by atoms with E-state index in [-0.39, 0.29) is 11.3 Å². The van der Waals surface area contributed by atoms with Crippen molar-refractivity contribution >= 4 is 17.4 Å². The van der Waals surface area contributed by atoms with Crippen molar-refractivity contribution in [2.45, 2.75) is 20.8 Å². The van der Waals surface area contributed by atoms with Gasteiger partial charge in [0, 0.05) is 11.6 Å². The van der Waals surface area contributed by atoms with Gasteiger partial charge in [0.1, 0.15) is 0 Å². The van der Waals surface area contributed by atoms with E-state index in [2.05, 4.69) is 5.32 Å². The van der Waals surface area contributed by atoms with Crippen molar-refractivity contribution in [3.63, 3.8) is 0 Å². The number of benzene rings is 1. The number of aromatic carboxylic acids is 1. The molecule has 0 aliphatic rings. The number of carbonyl (C=O) groups excluding carboxylic acids is 1. The number of nitrogens with one attached hydrogen (secondary N) is 1. The number of para-hydroxylation sites is 1. The van der Waals surface area contributed by atoms with Gasteiger partial charge in [-0.1, -0.05) is 32.9 Å². The average Bonchev–Trinajstić information content (AvgIpc) is 2.28. The first-order valence-electron chi connectivity index (χ1n) is 5.62. The third-order valence-electron chi connectivity index (χ3n) is 2.37. The van der Waals surface area contributed by atoms with Crippen molar-refractivity contribution in [1.82, 2.24) is 0 Å². The largest absolute Gasteiger partial charge is 0.478 e. The summed E-state index contributed by atoms with van der Waals surface area (Å²) in [4.78, 5) is 22.6. The molecule has 0 bridgehead atoms. The normalized spacial score (nSPS) is 11.5. The Hall–Kier alpha value is -2.10. The summed E-state index contributed by atoms with van der Waals surface area (Å²) in [5, 5.41) is 11.8. The smallest absolute Gasteiger partial charge is 0.337 e. The van der Waals surface area contributed by atoms with Crippen LogP contribution in [0.3, 0.4) is 0 Å².